The second kappa shape index (κ2) is 6.96. The fourth-order valence-electron chi connectivity index (χ4n) is 2.89. The number of para-hydroxylation sites is 4. The standard InChI is InChI=1S/C12H10BNO3.C8H7N/c15-13(16)8-4-3-7-11-12(8)14-9-5-1-2-6-10(9)17-11;1-2-4-8-7(3-1)5-6-9-8/h1-7,14-16H;1-6,9H. The number of hydrogen-bond acceptors (Lipinski definition) is 4. The number of anilines is 2. The van der Waals surface area contributed by atoms with Crippen LogP contribution in [0.5, 0.6) is 11.5 Å². The summed E-state index contributed by atoms with van der Waals surface area (Å²) >= 11 is 0. The molecular formula is C20H17BN2O3. The fourth-order valence-corrected chi connectivity index (χ4v) is 2.89. The SMILES string of the molecule is OB(O)c1cccc2c1Nc1ccccc1O2.c1ccc2[nH]ccc2c1. The van der Waals surface area contributed by atoms with E-state index in [1.165, 1.54) is 10.9 Å². The minimum atomic E-state index is -1.52. The van der Waals surface area contributed by atoms with E-state index in [2.05, 4.69) is 28.5 Å². The van der Waals surface area contributed by atoms with Crippen LogP contribution in [0.1, 0.15) is 0 Å². The van der Waals surface area contributed by atoms with E-state index in [1.807, 2.05) is 42.6 Å². The third-order valence-electron chi connectivity index (χ3n) is 4.17. The first-order chi connectivity index (χ1) is 12.7. The smallest absolute Gasteiger partial charge is 0.453 e. The molecular weight excluding hydrogens is 327 g/mol. The molecule has 26 heavy (non-hydrogen) atoms. The average Bonchev–Trinajstić information content (AvgIpc) is 3.15. The lowest BCUT2D eigenvalue weighted by molar-refractivity contribution is 0.425. The Kier molecular flexibility index (Phi) is 4.35. The van der Waals surface area contributed by atoms with Gasteiger partial charge in [-0.3, -0.25) is 0 Å². The molecule has 128 valence electrons. The molecule has 0 saturated heterocycles. The Balaban J connectivity index is 0.000000157. The van der Waals surface area contributed by atoms with Gasteiger partial charge in [0, 0.05) is 17.2 Å². The van der Waals surface area contributed by atoms with Crippen molar-refractivity contribution in [1.29, 1.82) is 0 Å². The molecule has 0 saturated carbocycles. The average molecular weight is 344 g/mol. The molecule has 0 fully saturated rings. The number of benzene rings is 3. The van der Waals surface area contributed by atoms with Crippen LogP contribution in [0.15, 0.2) is 79.0 Å². The van der Waals surface area contributed by atoms with E-state index in [1.54, 1.807) is 18.2 Å². The second-order valence-electron chi connectivity index (χ2n) is 5.88. The summed E-state index contributed by atoms with van der Waals surface area (Å²) in [6.45, 7) is 0. The molecule has 5 rings (SSSR count). The minimum Gasteiger partial charge on any atom is -0.453 e. The number of H-pyrrole nitrogens is 1. The Morgan fingerprint density at radius 3 is 2.38 bits per heavy atom. The molecule has 4 N–H and O–H groups in total. The molecule has 1 aromatic heterocycles. The fraction of sp³-hybridized carbons (Fsp3) is 0. The molecule has 0 atom stereocenters. The number of rotatable bonds is 1. The third-order valence-corrected chi connectivity index (χ3v) is 4.17. The maximum atomic E-state index is 9.29. The van der Waals surface area contributed by atoms with Gasteiger partial charge in [0.2, 0.25) is 0 Å². The maximum Gasteiger partial charge on any atom is 0.490 e. The summed E-state index contributed by atoms with van der Waals surface area (Å²) in [5.74, 6) is 1.32. The van der Waals surface area contributed by atoms with Crippen molar-refractivity contribution in [3.8, 4) is 11.5 Å². The summed E-state index contributed by atoms with van der Waals surface area (Å²) in [6, 6.07) is 22.9. The maximum absolute atomic E-state index is 9.29. The zero-order valence-electron chi connectivity index (χ0n) is 13.9. The molecule has 0 unspecified atom stereocenters. The predicted molar refractivity (Wildman–Crippen MR) is 104 cm³/mol. The first kappa shape index (κ1) is 16.3. The molecule has 0 bridgehead atoms. The first-order valence-electron chi connectivity index (χ1n) is 8.27. The van der Waals surface area contributed by atoms with Crippen molar-refractivity contribution in [3.05, 3.63) is 79.0 Å². The lowest BCUT2D eigenvalue weighted by atomic mass is 9.78. The Morgan fingerprint density at radius 2 is 1.54 bits per heavy atom. The molecule has 0 spiro atoms. The summed E-state index contributed by atoms with van der Waals surface area (Å²) in [7, 11) is -1.52. The lowest BCUT2D eigenvalue weighted by Gasteiger charge is -2.23. The largest absolute Gasteiger partial charge is 0.490 e. The van der Waals surface area contributed by atoms with Crippen molar-refractivity contribution in [2.24, 2.45) is 0 Å². The number of aromatic amines is 1. The van der Waals surface area contributed by atoms with Crippen LogP contribution < -0.4 is 15.5 Å². The van der Waals surface area contributed by atoms with Gasteiger partial charge in [-0.25, -0.2) is 0 Å². The Labute approximate surface area is 151 Å². The van der Waals surface area contributed by atoms with Gasteiger partial charge < -0.3 is 25.1 Å². The topological polar surface area (TPSA) is 77.5 Å². The van der Waals surface area contributed by atoms with Crippen LogP contribution in [0.3, 0.4) is 0 Å². The highest BCUT2D eigenvalue weighted by molar-refractivity contribution is 6.60. The van der Waals surface area contributed by atoms with Crippen molar-refractivity contribution in [2.75, 3.05) is 5.32 Å². The van der Waals surface area contributed by atoms with Gasteiger partial charge in [-0.1, -0.05) is 42.5 Å². The summed E-state index contributed by atoms with van der Waals surface area (Å²) in [5.41, 5.74) is 3.02. The first-order valence-corrected chi connectivity index (χ1v) is 8.27. The second-order valence-corrected chi connectivity index (χ2v) is 5.88. The Morgan fingerprint density at radius 1 is 0.769 bits per heavy atom. The zero-order valence-corrected chi connectivity index (χ0v) is 13.9. The van der Waals surface area contributed by atoms with Gasteiger partial charge in [0.1, 0.15) is 0 Å². The van der Waals surface area contributed by atoms with Crippen molar-refractivity contribution in [1.82, 2.24) is 4.98 Å². The monoisotopic (exact) mass is 344 g/mol. The van der Waals surface area contributed by atoms with Gasteiger partial charge in [0.25, 0.3) is 0 Å². The normalized spacial score (nSPS) is 11.3. The van der Waals surface area contributed by atoms with Crippen LogP contribution >= 0.6 is 0 Å². The third kappa shape index (κ3) is 3.15. The number of hydrogen-bond donors (Lipinski definition) is 4. The van der Waals surface area contributed by atoms with Crippen LogP contribution in [-0.2, 0) is 0 Å². The van der Waals surface area contributed by atoms with Crippen LogP contribution in [0.25, 0.3) is 10.9 Å². The molecule has 0 aliphatic carbocycles. The molecule has 0 radical (unpaired) electrons. The summed E-state index contributed by atoms with van der Waals surface area (Å²) in [5, 5.41) is 23.0. The molecule has 1 aliphatic heterocycles. The van der Waals surface area contributed by atoms with Gasteiger partial charge >= 0.3 is 7.12 Å². The van der Waals surface area contributed by atoms with Gasteiger partial charge in [0.05, 0.1) is 11.4 Å². The van der Waals surface area contributed by atoms with Crippen LogP contribution in [0.4, 0.5) is 11.4 Å². The van der Waals surface area contributed by atoms with E-state index in [9.17, 15) is 10.0 Å². The summed E-state index contributed by atoms with van der Waals surface area (Å²) in [6.07, 6.45) is 1.95. The van der Waals surface area contributed by atoms with E-state index in [4.69, 9.17) is 4.74 Å². The lowest BCUT2D eigenvalue weighted by Crippen LogP contribution is -2.32. The quantitative estimate of drug-likeness (QED) is 0.352. The van der Waals surface area contributed by atoms with Gasteiger partial charge in [0.15, 0.2) is 11.5 Å². The number of nitrogens with one attached hydrogen (secondary N) is 2. The van der Waals surface area contributed by atoms with Crippen LogP contribution in [0.2, 0.25) is 0 Å². The van der Waals surface area contributed by atoms with Crippen molar-refractivity contribution >= 4 is 34.9 Å². The highest BCUT2D eigenvalue weighted by atomic mass is 16.5. The van der Waals surface area contributed by atoms with E-state index in [-0.39, 0.29) is 0 Å². The molecule has 5 nitrogen and oxygen atoms in total. The molecule has 4 aromatic rings. The molecule has 2 heterocycles. The van der Waals surface area contributed by atoms with E-state index < -0.39 is 7.12 Å². The van der Waals surface area contributed by atoms with Gasteiger partial charge in [-0.05, 0) is 35.7 Å². The number of fused-ring (bicyclic) bond motifs is 3. The van der Waals surface area contributed by atoms with Crippen LogP contribution in [0, 0.1) is 0 Å². The minimum absolute atomic E-state index is 0.400. The van der Waals surface area contributed by atoms with Crippen molar-refractivity contribution in [3.63, 3.8) is 0 Å². The molecule has 1 aliphatic rings. The number of aromatic nitrogens is 1. The Hall–Kier alpha value is -3.22. The van der Waals surface area contributed by atoms with E-state index in [0.29, 0.717) is 16.9 Å². The molecule has 0 amide bonds. The summed E-state index contributed by atoms with van der Waals surface area (Å²) in [4.78, 5) is 3.12. The Bertz CT molecular complexity index is 1020. The van der Waals surface area contributed by atoms with E-state index in [0.717, 1.165) is 11.4 Å². The van der Waals surface area contributed by atoms with Crippen LogP contribution in [-0.4, -0.2) is 22.2 Å². The molecule has 6 heteroatoms. The number of ether oxygens (including phenoxy) is 1. The molecule has 3 aromatic carbocycles. The van der Waals surface area contributed by atoms with E-state index >= 15 is 0 Å². The highest BCUT2D eigenvalue weighted by Gasteiger charge is 2.23. The van der Waals surface area contributed by atoms with Gasteiger partial charge in [-0.2, -0.15) is 0 Å². The van der Waals surface area contributed by atoms with Crippen molar-refractivity contribution in [2.45, 2.75) is 0 Å². The van der Waals surface area contributed by atoms with Crippen molar-refractivity contribution < 1.29 is 14.8 Å². The zero-order chi connectivity index (χ0) is 17.9. The summed E-state index contributed by atoms with van der Waals surface area (Å²) < 4.78 is 5.68. The highest BCUT2D eigenvalue weighted by Crippen LogP contribution is 2.40. The predicted octanol–water partition coefficient (Wildman–Crippen LogP) is 3.38. The van der Waals surface area contributed by atoms with Gasteiger partial charge in [-0.15, -0.1) is 0 Å².